The maximum atomic E-state index is 12.1. The first-order valence-electron chi connectivity index (χ1n) is 6.78. The molecule has 1 N–H and O–H groups in total. The molecule has 0 atom stereocenters. The van der Waals surface area contributed by atoms with Crippen LogP contribution in [0.15, 0.2) is 30.5 Å². The summed E-state index contributed by atoms with van der Waals surface area (Å²) in [6, 6.07) is 6.98. The maximum Gasteiger partial charge on any atom is 0.252 e. The number of halogens is 2. The molecule has 2 rings (SSSR count). The topological polar surface area (TPSA) is 64.1 Å². The lowest BCUT2D eigenvalue weighted by Crippen LogP contribution is -2.26. The smallest absolute Gasteiger partial charge is 0.252 e. The highest BCUT2D eigenvalue weighted by Crippen LogP contribution is 2.17. The lowest BCUT2D eigenvalue weighted by atomic mass is 10.2. The molecular weight excluding hydrogens is 325 g/mol. The second-order valence-corrected chi connectivity index (χ2v) is 5.19. The van der Waals surface area contributed by atoms with Gasteiger partial charge in [0.1, 0.15) is 5.15 Å². The van der Waals surface area contributed by atoms with E-state index in [1.165, 1.54) is 12.3 Å². The SMILES string of the molecule is CCOc1cccc(CCNC(=O)c2cc(Cl)ncc2Cl)n1. The van der Waals surface area contributed by atoms with Gasteiger partial charge in [0, 0.05) is 30.9 Å². The van der Waals surface area contributed by atoms with Gasteiger partial charge in [-0.2, -0.15) is 0 Å². The highest BCUT2D eigenvalue weighted by atomic mass is 35.5. The fourth-order valence-electron chi connectivity index (χ4n) is 1.81. The number of hydrogen-bond donors (Lipinski definition) is 1. The summed E-state index contributed by atoms with van der Waals surface area (Å²) in [6.45, 7) is 2.89. The molecule has 0 radical (unpaired) electrons. The fourth-order valence-corrected chi connectivity index (χ4v) is 2.16. The van der Waals surface area contributed by atoms with E-state index in [9.17, 15) is 4.79 Å². The van der Waals surface area contributed by atoms with Crippen LogP contribution in [0.2, 0.25) is 10.2 Å². The van der Waals surface area contributed by atoms with Crippen molar-refractivity contribution in [2.24, 2.45) is 0 Å². The Kier molecular flexibility index (Phi) is 5.98. The first-order valence-corrected chi connectivity index (χ1v) is 7.53. The van der Waals surface area contributed by atoms with Crippen LogP contribution in [0.3, 0.4) is 0 Å². The van der Waals surface area contributed by atoms with Crippen LogP contribution in [0.5, 0.6) is 5.88 Å². The van der Waals surface area contributed by atoms with Gasteiger partial charge in [-0.05, 0) is 19.1 Å². The number of hydrogen-bond acceptors (Lipinski definition) is 4. The molecule has 0 spiro atoms. The zero-order chi connectivity index (χ0) is 15.9. The summed E-state index contributed by atoms with van der Waals surface area (Å²) in [4.78, 5) is 20.2. The predicted molar refractivity (Wildman–Crippen MR) is 85.7 cm³/mol. The van der Waals surface area contributed by atoms with Crippen LogP contribution in [0, 0.1) is 0 Å². The van der Waals surface area contributed by atoms with E-state index in [-0.39, 0.29) is 16.1 Å². The maximum absolute atomic E-state index is 12.1. The first kappa shape index (κ1) is 16.5. The van der Waals surface area contributed by atoms with E-state index in [2.05, 4.69) is 15.3 Å². The van der Waals surface area contributed by atoms with Gasteiger partial charge in [-0.1, -0.05) is 29.3 Å². The van der Waals surface area contributed by atoms with E-state index >= 15 is 0 Å². The Morgan fingerprint density at radius 1 is 1.36 bits per heavy atom. The number of ether oxygens (including phenoxy) is 1. The van der Waals surface area contributed by atoms with Gasteiger partial charge in [-0.3, -0.25) is 4.79 Å². The van der Waals surface area contributed by atoms with Crippen LogP contribution < -0.4 is 10.1 Å². The third-order valence-corrected chi connectivity index (χ3v) is 3.31. The number of nitrogens with one attached hydrogen (secondary N) is 1. The van der Waals surface area contributed by atoms with E-state index in [4.69, 9.17) is 27.9 Å². The number of pyridine rings is 2. The Morgan fingerprint density at radius 3 is 2.95 bits per heavy atom. The molecule has 2 aromatic heterocycles. The van der Waals surface area contributed by atoms with Gasteiger partial charge in [-0.15, -0.1) is 0 Å². The molecule has 0 aliphatic heterocycles. The molecule has 1 amide bonds. The molecule has 0 bridgehead atoms. The molecule has 0 fully saturated rings. The van der Waals surface area contributed by atoms with E-state index in [0.717, 1.165) is 5.69 Å². The minimum absolute atomic E-state index is 0.223. The summed E-state index contributed by atoms with van der Waals surface area (Å²) in [5.74, 6) is 0.283. The molecule has 22 heavy (non-hydrogen) atoms. The van der Waals surface area contributed by atoms with Crippen LogP contribution in [0.1, 0.15) is 23.0 Å². The van der Waals surface area contributed by atoms with Gasteiger partial charge < -0.3 is 10.1 Å². The molecule has 0 saturated carbocycles. The summed E-state index contributed by atoms with van der Waals surface area (Å²) in [7, 11) is 0. The highest BCUT2D eigenvalue weighted by Gasteiger charge is 2.11. The number of nitrogens with zero attached hydrogens (tertiary/aromatic N) is 2. The molecule has 0 aliphatic carbocycles. The average molecular weight is 340 g/mol. The van der Waals surface area contributed by atoms with Gasteiger partial charge in [0.2, 0.25) is 5.88 Å². The van der Waals surface area contributed by atoms with E-state index < -0.39 is 0 Å². The van der Waals surface area contributed by atoms with Crippen molar-refractivity contribution in [2.45, 2.75) is 13.3 Å². The molecule has 2 heterocycles. The normalized spacial score (nSPS) is 10.3. The summed E-state index contributed by atoms with van der Waals surface area (Å²) in [5.41, 5.74) is 1.14. The van der Waals surface area contributed by atoms with Crippen LogP contribution >= 0.6 is 23.2 Å². The molecule has 5 nitrogen and oxygen atoms in total. The van der Waals surface area contributed by atoms with E-state index in [0.29, 0.717) is 31.0 Å². The van der Waals surface area contributed by atoms with E-state index in [1.807, 2.05) is 19.1 Å². The first-order chi connectivity index (χ1) is 10.6. The monoisotopic (exact) mass is 339 g/mol. The van der Waals surface area contributed by atoms with Crippen molar-refractivity contribution in [3.63, 3.8) is 0 Å². The molecule has 2 aromatic rings. The second-order valence-electron chi connectivity index (χ2n) is 4.39. The van der Waals surface area contributed by atoms with Crippen molar-refractivity contribution in [3.05, 3.63) is 51.9 Å². The third-order valence-electron chi connectivity index (χ3n) is 2.81. The standard InChI is InChI=1S/C15H15Cl2N3O2/c1-2-22-14-5-3-4-10(20-14)6-7-18-15(21)11-8-13(17)19-9-12(11)16/h3-5,8-9H,2,6-7H2,1H3,(H,18,21). The van der Waals surface area contributed by atoms with Gasteiger partial charge in [0.25, 0.3) is 5.91 Å². The molecule has 0 saturated heterocycles. The zero-order valence-electron chi connectivity index (χ0n) is 12.0. The molecule has 7 heteroatoms. The summed E-state index contributed by atoms with van der Waals surface area (Å²) >= 11 is 11.7. The van der Waals surface area contributed by atoms with Crippen molar-refractivity contribution in [1.82, 2.24) is 15.3 Å². The van der Waals surface area contributed by atoms with Crippen molar-refractivity contribution in [2.75, 3.05) is 13.2 Å². The largest absolute Gasteiger partial charge is 0.478 e. The lowest BCUT2D eigenvalue weighted by Gasteiger charge is -2.08. The highest BCUT2D eigenvalue weighted by molar-refractivity contribution is 6.35. The average Bonchev–Trinajstić information content (AvgIpc) is 2.50. The van der Waals surface area contributed by atoms with Gasteiger partial charge in [0.05, 0.1) is 17.2 Å². The molecular formula is C15H15Cl2N3O2. The Morgan fingerprint density at radius 2 is 2.18 bits per heavy atom. The number of carbonyl (C=O) groups excluding carboxylic acids is 1. The van der Waals surface area contributed by atoms with Crippen LogP contribution in [0.25, 0.3) is 0 Å². The summed E-state index contributed by atoms with van der Waals surface area (Å²) in [6.07, 6.45) is 1.94. The molecule has 0 aromatic carbocycles. The molecule has 0 unspecified atom stereocenters. The Bertz CT molecular complexity index is 665. The number of amides is 1. The quantitative estimate of drug-likeness (QED) is 0.821. The summed E-state index contributed by atoms with van der Waals surface area (Å²) in [5, 5.41) is 3.26. The lowest BCUT2D eigenvalue weighted by molar-refractivity contribution is 0.0954. The van der Waals surface area contributed by atoms with Crippen molar-refractivity contribution < 1.29 is 9.53 Å². The van der Waals surface area contributed by atoms with Crippen LogP contribution in [-0.2, 0) is 6.42 Å². The van der Waals surface area contributed by atoms with Gasteiger partial charge in [0.15, 0.2) is 0 Å². The number of aromatic nitrogens is 2. The minimum Gasteiger partial charge on any atom is -0.478 e. The van der Waals surface area contributed by atoms with Gasteiger partial charge >= 0.3 is 0 Å². The molecule has 116 valence electrons. The third kappa shape index (κ3) is 4.58. The van der Waals surface area contributed by atoms with E-state index in [1.54, 1.807) is 6.07 Å². The Labute approximate surface area is 138 Å². The van der Waals surface area contributed by atoms with Crippen molar-refractivity contribution >= 4 is 29.1 Å². The second kappa shape index (κ2) is 7.96. The Balaban J connectivity index is 1.92. The van der Waals surface area contributed by atoms with Crippen LogP contribution in [0.4, 0.5) is 0 Å². The van der Waals surface area contributed by atoms with Crippen molar-refractivity contribution in [1.29, 1.82) is 0 Å². The predicted octanol–water partition coefficient (Wildman–Crippen LogP) is 3.15. The Hall–Kier alpha value is -1.85. The fraction of sp³-hybridized carbons (Fsp3) is 0.267. The number of rotatable bonds is 6. The number of carbonyl (C=O) groups is 1. The van der Waals surface area contributed by atoms with Crippen molar-refractivity contribution in [3.8, 4) is 5.88 Å². The zero-order valence-corrected chi connectivity index (χ0v) is 13.5. The van der Waals surface area contributed by atoms with Gasteiger partial charge in [-0.25, -0.2) is 9.97 Å². The van der Waals surface area contributed by atoms with Crippen LogP contribution in [-0.4, -0.2) is 29.0 Å². The summed E-state index contributed by atoms with van der Waals surface area (Å²) < 4.78 is 5.33. The minimum atomic E-state index is -0.296. The molecule has 0 aliphatic rings.